The molecule has 1 aliphatic carbocycles. The largest absolute Gasteiger partial charge is 0.493 e. The number of methoxy groups -OCH3 is 2. The van der Waals surface area contributed by atoms with Crippen molar-refractivity contribution in [2.75, 3.05) is 20.8 Å². The van der Waals surface area contributed by atoms with E-state index in [2.05, 4.69) is 16.7 Å². The molecule has 1 atom stereocenters. The first-order valence-corrected chi connectivity index (χ1v) is 10.3. The van der Waals surface area contributed by atoms with Gasteiger partial charge in [-0.1, -0.05) is 17.7 Å². The zero-order valence-electron chi connectivity index (χ0n) is 17.5. The van der Waals surface area contributed by atoms with Gasteiger partial charge in [0.05, 0.1) is 27.2 Å². The molecule has 8 heteroatoms. The van der Waals surface area contributed by atoms with Crippen molar-refractivity contribution >= 4 is 17.8 Å². The number of ether oxygens (including phenoxy) is 2. The summed E-state index contributed by atoms with van der Waals surface area (Å²) in [6, 6.07) is 3.87. The van der Waals surface area contributed by atoms with E-state index in [9.17, 15) is 14.4 Å². The highest BCUT2D eigenvalue weighted by atomic mass is 16.5. The molecule has 0 aromatic heterocycles. The molecule has 1 unspecified atom stereocenters. The number of hydrogen-bond donors (Lipinski definition) is 2. The average molecular weight is 415 g/mol. The summed E-state index contributed by atoms with van der Waals surface area (Å²) in [6.07, 6.45) is 7.67. The molecule has 1 aliphatic heterocycles. The van der Waals surface area contributed by atoms with E-state index >= 15 is 0 Å². The van der Waals surface area contributed by atoms with Crippen LogP contribution in [0.4, 0.5) is 4.79 Å². The van der Waals surface area contributed by atoms with Gasteiger partial charge in [0, 0.05) is 6.54 Å². The Hall–Kier alpha value is -3.03. The summed E-state index contributed by atoms with van der Waals surface area (Å²) in [5.41, 5.74) is 2.11. The van der Waals surface area contributed by atoms with Crippen LogP contribution in [-0.2, 0) is 16.1 Å². The lowest BCUT2D eigenvalue weighted by atomic mass is 9.97. The second-order valence-corrected chi connectivity index (χ2v) is 7.53. The Morgan fingerprint density at radius 1 is 1.20 bits per heavy atom. The Balaban J connectivity index is 1.51. The number of amides is 4. The van der Waals surface area contributed by atoms with Gasteiger partial charge in [0.1, 0.15) is 6.04 Å². The number of carbonyl (C=O) groups excluding carboxylic acids is 3. The third kappa shape index (κ3) is 5.31. The molecule has 1 heterocycles. The minimum absolute atomic E-state index is 0.0634. The Morgan fingerprint density at radius 3 is 2.70 bits per heavy atom. The highest BCUT2D eigenvalue weighted by Crippen LogP contribution is 2.28. The van der Waals surface area contributed by atoms with Gasteiger partial charge in [0.25, 0.3) is 5.91 Å². The molecule has 30 heavy (non-hydrogen) atoms. The first kappa shape index (κ1) is 21.7. The minimum Gasteiger partial charge on any atom is -0.493 e. The van der Waals surface area contributed by atoms with Crippen LogP contribution in [0.2, 0.25) is 0 Å². The van der Waals surface area contributed by atoms with Crippen molar-refractivity contribution in [2.45, 2.75) is 51.1 Å². The number of hydrogen-bond acceptors (Lipinski definition) is 5. The van der Waals surface area contributed by atoms with Crippen molar-refractivity contribution in [3.05, 3.63) is 35.4 Å². The normalized spacial score (nSPS) is 18.7. The van der Waals surface area contributed by atoms with Gasteiger partial charge in [-0.2, -0.15) is 0 Å². The lowest BCUT2D eigenvalue weighted by Crippen LogP contribution is -2.36. The van der Waals surface area contributed by atoms with E-state index in [-0.39, 0.29) is 18.9 Å². The summed E-state index contributed by atoms with van der Waals surface area (Å²) in [5.74, 6) is 0.445. The molecule has 2 aliphatic rings. The molecule has 1 aromatic carbocycles. The Bertz CT molecular complexity index is 836. The van der Waals surface area contributed by atoms with Crippen molar-refractivity contribution in [3.63, 3.8) is 0 Å². The van der Waals surface area contributed by atoms with Crippen LogP contribution >= 0.6 is 0 Å². The fourth-order valence-electron chi connectivity index (χ4n) is 3.78. The fourth-order valence-corrected chi connectivity index (χ4v) is 3.78. The number of nitrogens with one attached hydrogen (secondary N) is 2. The van der Waals surface area contributed by atoms with Crippen LogP contribution < -0.4 is 20.1 Å². The second kappa shape index (κ2) is 10.1. The van der Waals surface area contributed by atoms with E-state index in [4.69, 9.17) is 9.47 Å². The van der Waals surface area contributed by atoms with Crippen molar-refractivity contribution < 1.29 is 23.9 Å². The summed E-state index contributed by atoms with van der Waals surface area (Å²) in [5, 5.41) is 5.46. The SMILES string of the molecule is COc1ccc(CN2C(=O)NC(CC(=O)NCCC3=CCCCC3)C2=O)cc1OC. The minimum atomic E-state index is -0.841. The maximum atomic E-state index is 12.7. The molecule has 8 nitrogen and oxygen atoms in total. The lowest BCUT2D eigenvalue weighted by molar-refractivity contribution is -0.131. The second-order valence-electron chi connectivity index (χ2n) is 7.53. The number of nitrogens with zero attached hydrogens (tertiary/aromatic N) is 1. The summed E-state index contributed by atoms with van der Waals surface area (Å²) in [6.45, 7) is 0.645. The summed E-state index contributed by atoms with van der Waals surface area (Å²) in [4.78, 5) is 38.3. The molecule has 1 fully saturated rings. The third-order valence-corrected chi connectivity index (χ3v) is 5.44. The third-order valence-electron chi connectivity index (χ3n) is 5.44. The zero-order chi connectivity index (χ0) is 21.5. The molecule has 0 bridgehead atoms. The highest BCUT2D eigenvalue weighted by Gasteiger charge is 2.39. The van der Waals surface area contributed by atoms with Crippen LogP contribution in [0, 0.1) is 0 Å². The molecule has 1 aromatic rings. The quantitative estimate of drug-likeness (QED) is 0.477. The van der Waals surface area contributed by atoms with Gasteiger partial charge in [-0.05, 0) is 49.8 Å². The van der Waals surface area contributed by atoms with Gasteiger partial charge in [-0.25, -0.2) is 4.79 Å². The maximum absolute atomic E-state index is 12.7. The number of urea groups is 1. The van der Waals surface area contributed by atoms with Crippen molar-refractivity contribution in [1.82, 2.24) is 15.5 Å². The topological polar surface area (TPSA) is 97.0 Å². The van der Waals surface area contributed by atoms with Crippen LogP contribution in [0.5, 0.6) is 11.5 Å². The molecular weight excluding hydrogens is 386 g/mol. The standard InChI is InChI=1S/C22H29N3O5/c1-29-18-9-8-16(12-19(18)30-2)14-25-21(27)17(24-22(25)28)13-20(26)23-11-10-15-6-4-3-5-7-15/h6,8-9,12,17H,3-5,7,10-11,13-14H2,1-2H3,(H,23,26)(H,24,28). The van der Waals surface area contributed by atoms with Gasteiger partial charge in [-0.3, -0.25) is 14.5 Å². The predicted molar refractivity (Wildman–Crippen MR) is 111 cm³/mol. The van der Waals surface area contributed by atoms with Crippen molar-refractivity contribution in [2.24, 2.45) is 0 Å². The number of allylic oxidation sites excluding steroid dienone is 1. The van der Waals surface area contributed by atoms with E-state index in [1.165, 1.54) is 32.6 Å². The van der Waals surface area contributed by atoms with Gasteiger partial charge in [0.15, 0.2) is 11.5 Å². The maximum Gasteiger partial charge on any atom is 0.325 e. The van der Waals surface area contributed by atoms with Gasteiger partial charge < -0.3 is 20.1 Å². The molecule has 1 saturated heterocycles. The van der Waals surface area contributed by atoms with Gasteiger partial charge in [-0.15, -0.1) is 0 Å². The fraction of sp³-hybridized carbons (Fsp3) is 0.500. The predicted octanol–water partition coefficient (Wildman–Crippen LogP) is 2.52. The van der Waals surface area contributed by atoms with Crippen molar-refractivity contribution in [3.8, 4) is 11.5 Å². The average Bonchev–Trinajstić information content (AvgIpc) is 3.01. The smallest absolute Gasteiger partial charge is 0.325 e. The summed E-state index contributed by atoms with van der Waals surface area (Å²) < 4.78 is 10.5. The Kier molecular flexibility index (Phi) is 7.32. The molecule has 0 spiro atoms. The van der Waals surface area contributed by atoms with Crippen LogP contribution in [0.25, 0.3) is 0 Å². The summed E-state index contributed by atoms with van der Waals surface area (Å²) >= 11 is 0. The van der Waals surface area contributed by atoms with Gasteiger partial charge >= 0.3 is 6.03 Å². The number of carbonyl (C=O) groups is 3. The molecule has 3 rings (SSSR count). The van der Waals surface area contributed by atoms with Crippen LogP contribution in [0.15, 0.2) is 29.8 Å². The number of benzene rings is 1. The Morgan fingerprint density at radius 2 is 2.00 bits per heavy atom. The molecular formula is C22H29N3O5. The van der Waals surface area contributed by atoms with E-state index in [1.54, 1.807) is 18.2 Å². The highest BCUT2D eigenvalue weighted by molar-refractivity contribution is 6.05. The number of imide groups is 1. The lowest BCUT2D eigenvalue weighted by Gasteiger charge is -2.15. The van der Waals surface area contributed by atoms with E-state index < -0.39 is 18.0 Å². The molecule has 0 saturated carbocycles. The van der Waals surface area contributed by atoms with E-state index in [1.807, 2.05) is 0 Å². The zero-order valence-corrected chi connectivity index (χ0v) is 17.5. The molecule has 0 radical (unpaired) electrons. The monoisotopic (exact) mass is 415 g/mol. The number of rotatable bonds is 9. The van der Waals surface area contributed by atoms with Gasteiger partial charge in [0.2, 0.25) is 5.91 Å². The van der Waals surface area contributed by atoms with Crippen LogP contribution in [-0.4, -0.2) is 49.6 Å². The first-order valence-electron chi connectivity index (χ1n) is 10.3. The molecule has 4 amide bonds. The Labute approximate surface area is 176 Å². The van der Waals surface area contributed by atoms with Crippen molar-refractivity contribution in [1.29, 1.82) is 0 Å². The van der Waals surface area contributed by atoms with E-state index in [0.29, 0.717) is 18.0 Å². The van der Waals surface area contributed by atoms with E-state index in [0.717, 1.165) is 29.7 Å². The first-order chi connectivity index (χ1) is 14.5. The van der Waals surface area contributed by atoms with Crippen LogP contribution in [0.3, 0.4) is 0 Å². The van der Waals surface area contributed by atoms with Crippen LogP contribution in [0.1, 0.15) is 44.1 Å². The summed E-state index contributed by atoms with van der Waals surface area (Å²) in [7, 11) is 3.06. The molecule has 162 valence electrons. The molecule has 2 N–H and O–H groups in total.